The van der Waals surface area contributed by atoms with Gasteiger partial charge >= 0.3 is 0 Å². The maximum Gasteiger partial charge on any atom is 0.223 e. The van der Waals surface area contributed by atoms with E-state index in [4.69, 9.17) is 0 Å². The Morgan fingerprint density at radius 2 is 2.05 bits per heavy atom. The summed E-state index contributed by atoms with van der Waals surface area (Å²) >= 11 is 0. The minimum Gasteiger partial charge on any atom is -0.354 e. The summed E-state index contributed by atoms with van der Waals surface area (Å²) in [7, 11) is 0. The Kier molecular flexibility index (Phi) is 3.67. The summed E-state index contributed by atoms with van der Waals surface area (Å²) in [4.78, 5) is 30.0. The summed E-state index contributed by atoms with van der Waals surface area (Å²) in [6.07, 6.45) is 7.16. The van der Waals surface area contributed by atoms with E-state index in [9.17, 15) is 9.59 Å². The second-order valence-electron chi connectivity index (χ2n) is 5.55. The fraction of sp³-hybridized carbons (Fsp3) is 0.533. The van der Waals surface area contributed by atoms with Crippen LogP contribution in [-0.2, 0) is 16.0 Å². The second-order valence-corrected chi connectivity index (χ2v) is 5.55. The number of pyridine rings is 1. The van der Waals surface area contributed by atoms with Gasteiger partial charge < -0.3 is 10.2 Å². The van der Waals surface area contributed by atoms with Crippen LogP contribution in [-0.4, -0.2) is 40.3 Å². The van der Waals surface area contributed by atoms with Crippen LogP contribution in [0.25, 0.3) is 0 Å². The molecule has 1 aromatic heterocycles. The zero-order chi connectivity index (χ0) is 13.9. The van der Waals surface area contributed by atoms with E-state index in [-0.39, 0.29) is 23.9 Å². The third-order valence-corrected chi connectivity index (χ3v) is 4.24. The van der Waals surface area contributed by atoms with Gasteiger partial charge in [0, 0.05) is 43.9 Å². The summed E-state index contributed by atoms with van der Waals surface area (Å²) in [5, 5.41) is 2.89. The number of aryl methyl sites for hydroxylation is 1. The number of amides is 2. The molecule has 2 saturated heterocycles. The number of hydrogen-bond donors (Lipinski definition) is 1. The van der Waals surface area contributed by atoms with Crippen molar-refractivity contribution in [1.29, 1.82) is 0 Å². The average molecular weight is 273 g/mol. The molecule has 2 unspecified atom stereocenters. The quantitative estimate of drug-likeness (QED) is 0.890. The lowest BCUT2D eigenvalue weighted by Gasteiger charge is -2.27. The largest absolute Gasteiger partial charge is 0.354 e. The van der Waals surface area contributed by atoms with Crippen LogP contribution in [0.4, 0.5) is 0 Å². The third-order valence-electron chi connectivity index (χ3n) is 4.24. The van der Waals surface area contributed by atoms with Gasteiger partial charge in [-0.2, -0.15) is 0 Å². The maximum atomic E-state index is 12.5. The van der Waals surface area contributed by atoms with Gasteiger partial charge in [-0.05, 0) is 37.0 Å². The van der Waals surface area contributed by atoms with E-state index in [2.05, 4.69) is 10.3 Å². The molecule has 2 aliphatic heterocycles. The highest BCUT2D eigenvalue weighted by atomic mass is 16.2. The summed E-state index contributed by atoms with van der Waals surface area (Å²) < 4.78 is 0. The van der Waals surface area contributed by atoms with Crippen LogP contribution in [0.5, 0.6) is 0 Å². The van der Waals surface area contributed by atoms with Gasteiger partial charge in [-0.1, -0.05) is 0 Å². The third kappa shape index (κ3) is 2.66. The molecule has 3 heterocycles. The monoisotopic (exact) mass is 273 g/mol. The summed E-state index contributed by atoms with van der Waals surface area (Å²) in [6, 6.07) is 4.17. The van der Waals surface area contributed by atoms with Crippen LogP contribution >= 0.6 is 0 Å². The zero-order valence-corrected chi connectivity index (χ0v) is 11.4. The van der Waals surface area contributed by atoms with E-state index < -0.39 is 0 Å². The number of rotatable bonds is 3. The highest BCUT2D eigenvalue weighted by Crippen LogP contribution is 2.29. The van der Waals surface area contributed by atoms with E-state index in [0.717, 1.165) is 24.8 Å². The number of carbonyl (C=O) groups excluding carboxylic acids is 2. The molecule has 1 N–H and O–H groups in total. The predicted octanol–water partition coefficient (Wildman–Crippen LogP) is 0.894. The summed E-state index contributed by atoms with van der Waals surface area (Å²) in [6.45, 7) is 0.607. The molecule has 2 amide bonds. The molecule has 1 aromatic rings. The van der Waals surface area contributed by atoms with Gasteiger partial charge in [0.2, 0.25) is 11.8 Å². The van der Waals surface area contributed by atoms with Crippen molar-refractivity contribution in [3.05, 3.63) is 30.1 Å². The van der Waals surface area contributed by atoms with E-state index >= 15 is 0 Å². The first kappa shape index (κ1) is 13.1. The van der Waals surface area contributed by atoms with Gasteiger partial charge in [0.15, 0.2) is 0 Å². The van der Waals surface area contributed by atoms with Gasteiger partial charge in [0.1, 0.15) is 0 Å². The van der Waals surface area contributed by atoms with Crippen molar-refractivity contribution < 1.29 is 9.59 Å². The van der Waals surface area contributed by atoms with Crippen molar-refractivity contribution in [3.63, 3.8) is 0 Å². The van der Waals surface area contributed by atoms with E-state index in [1.54, 1.807) is 12.4 Å². The van der Waals surface area contributed by atoms with Crippen molar-refractivity contribution >= 4 is 11.8 Å². The predicted molar refractivity (Wildman–Crippen MR) is 73.8 cm³/mol. The SMILES string of the molecule is O=C1CC2CCC(CN1)N2C(=O)CCc1ccncc1. The Morgan fingerprint density at radius 1 is 1.30 bits per heavy atom. The molecule has 3 rings (SSSR count). The summed E-state index contributed by atoms with van der Waals surface area (Å²) in [5.74, 6) is 0.245. The number of fused-ring (bicyclic) bond motifs is 2. The fourth-order valence-corrected chi connectivity index (χ4v) is 3.22. The van der Waals surface area contributed by atoms with Crippen LogP contribution in [0.1, 0.15) is 31.2 Å². The lowest BCUT2D eigenvalue weighted by molar-refractivity contribution is -0.133. The van der Waals surface area contributed by atoms with Crippen LogP contribution in [0, 0.1) is 0 Å². The molecule has 5 nitrogen and oxygen atoms in total. The van der Waals surface area contributed by atoms with Crippen molar-refractivity contribution in [1.82, 2.24) is 15.2 Å². The van der Waals surface area contributed by atoms with Crippen molar-refractivity contribution in [2.24, 2.45) is 0 Å². The number of nitrogens with one attached hydrogen (secondary N) is 1. The standard InChI is InChI=1S/C15H19N3O2/c19-14-9-12-2-3-13(10-17-14)18(12)15(20)4-1-11-5-7-16-8-6-11/h5-8,12-13H,1-4,9-10H2,(H,17,19). The lowest BCUT2D eigenvalue weighted by Crippen LogP contribution is -2.42. The topological polar surface area (TPSA) is 62.3 Å². The van der Waals surface area contributed by atoms with Crippen LogP contribution in [0.3, 0.4) is 0 Å². The van der Waals surface area contributed by atoms with E-state index in [1.807, 2.05) is 17.0 Å². The van der Waals surface area contributed by atoms with Crippen molar-refractivity contribution in [2.45, 2.75) is 44.2 Å². The van der Waals surface area contributed by atoms with Gasteiger partial charge in [-0.25, -0.2) is 0 Å². The highest BCUT2D eigenvalue weighted by molar-refractivity contribution is 5.81. The Morgan fingerprint density at radius 3 is 2.85 bits per heavy atom. The molecular weight excluding hydrogens is 254 g/mol. The molecule has 0 aliphatic carbocycles. The molecule has 0 spiro atoms. The molecule has 2 bridgehead atoms. The fourth-order valence-electron chi connectivity index (χ4n) is 3.22. The lowest BCUT2D eigenvalue weighted by atomic mass is 10.1. The van der Waals surface area contributed by atoms with E-state index in [0.29, 0.717) is 19.4 Å². The van der Waals surface area contributed by atoms with Crippen molar-refractivity contribution in [2.75, 3.05) is 6.54 Å². The normalized spacial score (nSPS) is 25.2. The first-order valence-corrected chi connectivity index (χ1v) is 7.21. The second kappa shape index (κ2) is 5.61. The molecule has 0 saturated carbocycles. The molecule has 2 atom stereocenters. The first-order valence-electron chi connectivity index (χ1n) is 7.21. The molecule has 2 aliphatic rings. The smallest absolute Gasteiger partial charge is 0.223 e. The minimum absolute atomic E-state index is 0.0733. The Balaban J connectivity index is 1.63. The molecule has 0 aromatic carbocycles. The Labute approximate surface area is 118 Å². The van der Waals surface area contributed by atoms with Crippen molar-refractivity contribution in [3.8, 4) is 0 Å². The van der Waals surface area contributed by atoms with Crippen LogP contribution < -0.4 is 5.32 Å². The van der Waals surface area contributed by atoms with Gasteiger partial charge in [0.05, 0.1) is 0 Å². The molecule has 2 fully saturated rings. The summed E-state index contributed by atoms with van der Waals surface area (Å²) in [5.41, 5.74) is 1.13. The van der Waals surface area contributed by atoms with Gasteiger partial charge in [-0.3, -0.25) is 14.6 Å². The number of hydrogen-bond acceptors (Lipinski definition) is 3. The first-order chi connectivity index (χ1) is 9.74. The van der Waals surface area contributed by atoms with Crippen LogP contribution in [0.2, 0.25) is 0 Å². The molecular formula is C15H19N3O2. The van der Waals surface area contributed by atoms with E-state index in [1.165, 1.54) is 0 Å². The van der Waals surface area contributed by atoms with Gasteiger partial charge in [-0.15, -0.1) is 0 Å². The number of nitrogens with zero attached hydrogens (tertiary/aromatic N) is 2. The zero-order valence-electron chi connectivity index (χ0n) is 11.4. The Bertz CT molecular complexity index is 503. The molecule has 20 heavy (non-hydrogen) atoms. The maximum absolute atomic E-state index is 12.5. The van der Waals surface area contributed by atoms with Crippen LogP contribution in [0.15, 0.2) is 24.5 Å². The molecule has 106 valence electrons. The average Bonchev–Trinajstić information content (AvgIpc) is 2.77. The molecule has 5 heteroatoms. The van der Waals surface area contributed by atoms with Gasteiger partial charge in [0.25, 0.3) is 0 Å². The Hall–Kier alpha value is -1.91. The highest BCUT2D eigenvalue weighted by Gasteiger charge is 2.39. The number of aromatic nitrogens is 1. The molecule has 0 radical (unpaired) electrons. The minimum atomic E-state index is 0.0733. The number of carbonyl (C=O) groups is 2.